The molecule has 0 aromatic rings. The Labute approximate surface area is 62.7 Å². The maximum atomic E-state index is 10.7. The van der Waals surface area contributed by atoms with E-state index < -0.39 is 16.2 Å². The zero-order valence-corrected chi connectivity index (χ0v) is 8.24. The maximum absolute atomic E-state index is 10.7. The molecule has 0 aliphatic heterocycles. The number of hydrogen-bond donors (Lipinski definition) is 1. The first-order valence-corrected chi connectivity index (χ1v) is 7.84. The fourth-order valence-corrected chi connectivity index (χ4v) is 3.61. The van der Waals surface area contributed by atoms with Gasteiger partial charge in [-0.1, -0.05) is 0 Å². The van der Waals surface area contributed by atoms with E-state index in [1.165, 1.54) is 0 Å². The third-order valence-corrected chi connectivity index (χ3v) is 10.6. The van der Waals surface area contributed by atoms with Gasteiger partial charge in [0.1, 0.15) is 0 Å². The van der Waals surface area contributed by atoms with Crippen LogP contribution in [0.5, 0.6) is 0 Å². The van der Waals surface area contributed by atoms with Crippen LogP contribution < -0.4 is 0 Å². The van der Waals surface area contributed by atoms with E-state index in [1.54, 1.807) is 20.5 Å². The lowest BCUT2D eigenvalue weighted by molar-refractivity contribution is 0.500. The van der Waals surface area contributed by atoms with Crippen molar-refractivity contribution in [2.45, 2.75) is 13.8 Å². The summed E-state index contributed by atoms with van der Waals surface area (Å²) in [5.41, 5.74) is 0. The molecule has 1 N–H and O–H groups in total. The highest BCUT2D eigenvalue weighted by molar-refractivity contribution is 8.54. The quantitative estimate of drug-likeness (QED) is 0.535. The Morgan fingerprint density at radius 2 is 1.60 bits per heavy atom. The molecule has 62 valence electrons. The third kappa shape index (κ3) is 1.91. The molecule has 0 aromatic heterocycles. The van der Waals surface area contributed by atoms with E-state index in [0.717, 1.165) is 0 Å². The highest BCUT2D eigenvalue weighted by atomic mass is 32.8. The van der Waals surface area contributed by atoms with E-state index in [1.807, 2.05) is 0 Å². The van der Waals surface area contributed by atoms with Gasteiger partial charge in [-0.3, -0.25) is 4.55 Å². The minimum Gasteiger partial charge on any atom is -0.257 e. The fraction of sp³-hybridized carbons (Fsp3) is 1.00. The minimum atomic E-state index is -3.75. The van der Waals surface area contributed by atoms with Crippen LogP contribution in [-0.2, 0) is 9.74 Å². The smallest absolute Gasteiger partial charge is 0.257 e. The van der Waals surface area contributed by atoms with Gasteiger partial charge in [-0.25, -0.2) is 0 Å². The first-order valence-electron chi connectivity index (χ1n) is 3.19. The molecule has 0 aliphatic carbocycles. The Bertz CT molecular complexity index is 193. The van der Waals surface area contributed by atoms with Gasteiger partial charge in [-0.2, -0.15) is 8.42 Å². The van der Waals surface area contributed by atoms with Crippen molar-refractivity contribution >= 4 is 16.2 Å². The Morgan fingerprint density at radius 1 is 1.30 bits per heavy atom. The van der Waals surface area contributed by atoms with Crippen LogP contribution in [0.2, 0.25) is 0 Å². The summed E-state index contributed by atoms with van der Waals surface area (Å²) >= 11 is 0. The lowest BCUT2D eigenvalue weighted by Gasteiger charge is -2.13. The second-order valence-electron chi connectivity index (χ2n) is 2.38. The van der Waals surface area contributed by atoms with E-state index >= 15 is 0 Å². The summed E-state index contributed by atoms with van der Waals surface area (Å²) in [7, 11) is -3.75. The van der Waals surface area contributed by atoms with Gasteiger partial charge in [0, 0.05) is 0 Å². The standard InChI is InChI=1S/C5H13O3PS/c1-4-9(3,5-2)10(6,7)8/h4-5H2,1-3H3/p+1. The largest absolute Gasteiger partial charge is 0.380 e. The van der Waals surface area contributed by atoms with Gasteiger partial charge in [0.15, 0.2) is 6.46 Å². The van der Waals surface area contributed by atoms with Crippen LogP contribution in [0.4, 0.5) is 0 Å². The van der Waals surface area contributed by atoms with Crippen molar-refractivity contribution in [2.24, 2.45) is 0 Å². The normalized spacial score (nSPS) is 13.6. The van der Waals surface area contributed by atoms with Crippen LogP contribution in [0.3, 0.4) is 0 Å². The van der Waals surface area contributed by atoms with Crippen molar-refractivity contribution in [1.82, 2.24) is 0 Å². The van der Waals surface area contributed by atoms with Crippen LogP contribution in [0.1, 0.15) is 13.8 Å². The summed E-state index contributed by atoms with van der Waals surface area (Å²) in [6.07, 6.45) is 1.12. The minimum absolute atomic E-state index is 0.558. The molecule has 3 nitrogen and oxygen atoms in total. The molecule has 0 spiro atoms. The second kappa shape index (κ2) is 3.16. The summed E-state index contributed by atoms with van der Waals surface area (Å²) in [4.78, 5) is 0. The zero-order chi connectivity index (χ0) is 8.41. The molecule has 0 aliphatic rings. The van der Waals surface area contributed by atoms with Crippen molar-refractivity contribution in [1.29, 1.82) is 0 Å². The molecule has 0 heterocycles. The number of rotatable bonds is 3. The Morgan fingerprint density at radius 3 is 1.60 bits per heavy atom. The molecule has 0 atom stereocenters. The first-order chi connectivity index (χ1) is 4.37. The monoisotopic (exact) mass is 185 g/mol. The summed E-state index contributed by atoms with van der Waals surface area (Å²) < 4.78 is 30.2. The van der Waals surface area contributed by atoms with Crippen LogP contribution >= 0.6 is 6.46 Å². The molecule has 5 heteroatoms. The molecule has 0 bridgehead atoms. The molecule has 0 rings (SSSR count). The summed E-state index contributed by atoms with van der Waals surface area (Å²) in [6, 6.07) is 0. The number of hydrogen-bond acceptors (Lipinski definition) is 2. The van der Waals surface area contributed by atoms with Crippen molar-refractivity contribution in [2.75, 3.05) is 19.0 Å². The van der Waals surface area contributed by atoms with Crippen molar-refractivity contribution in [3.63, 3.8) is 0 Å². The zero-order valence-electron chi connectivity index (χ0n) is 6.53. The maximum Gasteiger partial charge on any atom is 0.380 e. The van der Waals surface area contributed by atoms with Gasteiger partial charge in [-0.15, -0.1) is 0 Å². The van der Waals surface area contributed by atoms with E-state index in [2.05, 4.69) is 0 Å². The Balaban J connectivity index is 4.68. The summed E-state index contributed by atoms with van der Waals surface area (Å²) in [6.45, 7) is 3.16. The van der Waals surface area contributed by atoms with Crippen LogP contribution in [-0.4, -0.2) is 32.0 Å². The molecule has 10 heavy (non-hydrogen) atoms. The highest BCUT2D eigenvalue weighted by Crippen LogP contribution is 2.59. The van der Waals surface area contributed by atoms with Gasteiger partial charge >= 0.3 is 9.74 Å². The molecule has 0 saturated carbocycles. The average molecular weight is 185 g/mol. The van der Waals surface area contributed by atoms with Gasteiger partial charge in [0.25, 0.3) is 0 Å². The molecular weight excluding hydrogens is 171 g/mol. The molecule has 0 saturated heterocycles. The first kappa shape index (κ1) is 10.3. The molecule has 0 amide bonds. The average Bonchev–Trinajstić information content (AvgIpc) is 1.84. The SMILES string of the molecule is CC[P+](C)(CC)S(=O)(=O)O. The van der Waals surface area contributed by atoms with E-state index in [9.17, 15) is 8.42 Å². The summed E-state index contributed by atoms with van der Waals surface area (Å²) in [5, 5.41) is 0. The predicted molar refractivity (Wildman–Crippen MR) is 45.5 cm³/mol. The molecule has 0 aromatic carbocycles. The van der Waals surface area contributed by atoms with Crippen LogP contribution in [0, 0.1) is 0 Å². The van der Waals surface area contributed by atoms with Gasteiger partial charge in [-0.05, 0) is 13.8 Å². The Hall–Kier alpha value is 0.340. The van der Waals surface area contributed by atoms with Crippen LogP contribution in [0.15, 0.2) is 0 Å². The molecule has 0 radical (unpaired) electrons. The molecular formula is C5H14O3PS+. The second-order valence-corrected chi connectivity index (χ2v) is 11.2. The van der Waals surface area contributed by atoms with Gasteiger partial charge in [0.2, 0.25) is 0 Å². The lowest BCUT2D eigenvalue weighted by atomic mass is 11.0. The third-order valence-electron chi connectivity index (χ3n) is 1.89. The summed E-state index contributed by atoms with van der Waals surface area (Å²) in [5.74, 6) is 0. The van der Waals surface area contributed by atoms with Gasteiger partial charge < -0.3 is 0 Å². The predicted octanol–water partition coefficient (Wildman–Crippen LogP) is 1.48. The van der Waals surface area contributed by atoms with E-state index in [-0.39, 0.29) is 0 Å². The van der Waals surface area contributed by atoms with Crippen molar-refractivity contribution in [3.05, 3.63) is 0 Å². The molecule has 0 unspecified atom stereocenters. The van der Waals surface area contributed by atoms with Gasteiger partial charge in [0.05, 0.1) is 19.0 Å². The molecule has 0 fully saturated rings. The topological polar surface area (TPSA) is 54.4 Å². The van der Waals surface area contributed by atoms with Crippen molar-refractivity contribution < 1.29 is 13.0 Å². The Kier molecular flexibility index (Phi) is 3.27. The lowest BCUT2D eigenvalue weighted by Crippen LogP contribution is -2.09. The van der Waals surface area contributed by atoms with Crippen LogP contribution in [0.25, 0.3) is 0 Å². The van der Waals surface area contributed by atoms with E-state index in [4.69, 9.17) is 4.55 Å². The van der Waals surface area contributed by atoms with Crippen molar-refractivity contribution in [3.8, 4) is 0 Å². The van der Waals surface area contributed by atoms with E-state index in [0.29, 0.717) is 12.3 Å². The highest BCUT2D eigenvalue weighted by Gasteiger charge is 2.41. The fourth-order valence-electron chi connectivity index (χ4n) is 0.550.